The summed E-state index contributed by atoms with van der Waals surface area (Å²) in [7, 11) is 0. The van der Waals surface area contributed by atoms with Crippen molar-refractivity contribution in [2.75, 3.05) is 25.4 Å². The highest BCUT2D eigenvalue weighted by atomic mass is 16.6. The lowest BCUT2D eigenvalue weighted by atomic mass is 10.1. The first kappa shape index (κ1) is 15.2. The van der Waals surface area contributed by atoms with E-state index in [2.05, 4.69) is 17.1 Å². The fraction of sp³-hybridized carbons (Fsp3) is 0.500. The summed E-state index contributed by atoms with van der Waals surface area (Å²) >= 11 is 0. The number of nitrogens with two attached hydrogens (primary N) is 1. The number of hydrogen-bond donors (Lipinski definition) is 2. The lowest BCUT2D eigenvalue weighted by Crippen LogP contribution is -2.36. The molecule has 3 N–H and O–H groups in total. The summed E-state index contributed by atoms with van der Waals surface area (Å²) in [6.45, 7) is 4.34. The molecule has 1 aromatic rings. The van der Waals surface area contributed by atoms with Crippen molar-refractivity contribution in [2.45, 2.75) is 25.8 Å². The maximum Gasteiger partial charge on any atom is 0.270 e. The summed E-state index contributed by atoms with van der Waals surface area (Å²) in [4.78, 5) is 24.6. The second-order valence-electron chi connectivity index (χ2n) is 5.14. The average Bonchev–Trinajstić information content (AvgIpc) is 3.28. The van der Waals surface area contributed by atoms with Crippen LogP contribution in [0.3, 0.4) is 0 Å². The van der Waals surface area contributed by atoms with E-state index in [0.29, 0.717) is 12.6 Å². The first-order chi connectivity index (χ1) is 10.0. The molecule has 0 unspecified atom stereocenters. The quantitative estimate of drug-likeness (QED) is 0.449. The molecule has 0 atom stereocenters. The number of carbonyl (C=O) groups is 1. The van der Waals surface area contributed by atoms with E-state index in [4.69, 9.17) is 5.73 Å². The molecule has 0 heterocycles. The van der Waals surface area contributed by atoms with Gasteiger partial charge in [0, 0.05) is 37.0 Å². The highest BCUT2D eigenvalue weighted by Gasteiger charge is 2.27. The Morgan fingerprint density at radius 1 is 1.52 bits per heavy atom. The molecule has 0 aromatic heterocycles. The van der Waals surface area contributed by atoms with Gasteiger partial charge < -0.3 is 11.1 Å². The van der Waals surface area contributed by atoms with Crippen LogP contribution in [-0.4, -0.2) is 41.4 Å². The van der Waals surface area contributed by atoms with Crippen molar-refractivity contribution < 1.29 is 9.72 Å². The van der Waals surface area contributed by atoms with Crippen LogP contribution in [0.5, 0.6) is 0 Å². The van der Waals surface area contributed by atoms with E-state index in [1.165, 1.54) is 31.0 Å². The highest BCUT2D eigenvalue weighted by Crippen LogP contribution is 2.25. The van der Waals surface area contributed by atoms with Crippen LogP contribution in [0.25, 0.3) is 0 Å². The van der Waals surface area contributed by atoms with Crippen molar-refractivity contribution in [2.24, 2.45) is 0 Å². The number of rotatable bonds is 7. The van der Waals surface area contributed by atoms with Crippen LogP contribution in [0.4, 0.5) is 11.4 Å². The predicted molar refractivity (Wildman–Crippen MR) is 80.1 cm³/mol. The zero-order valence-corrected chi connectivity index (χ0v) is 12.0. The SMILES string of the molecule is CCN(CCNC(=O)c1cc([N+](=O)[O-])ccc1N)C1CC1. The topological polar surface area (TPSA) is 102 Å². The Morgan fingerprint density at radius 3 is 2.81 bits per heavy atom. The molecule has 114 valence electrons. The molecular formula is C14H20N4O3. The molecule has 0 radical (unpaired) electrons. The number of nitrogen functional groups attached to an aromatic ring is 1. The molecule has 1 aliphatic rings. The van der Waals surface area contributed by atoms with Crippen LogP contribution in [0.1, 0.15) is 30.1 Å². The highest BCUT2D eigenvalue weighted by molar-refractivity contribution is 5.99. The van der Waals surface area contributed by atoms with Gasteiger partial charge in [0.25, 0.3) is 11.6 Å². The summed E-state index contributed by atoms with van der Waals surface area (Å²) < 4.78 is 0. The number of carbonyl (C=O) groups excluding carboxylic acids is 1. The van der Waals surface area contributed by atoms with Gasteiger partial charge in [-0.3, -0.25) is 19.8 Å². The van der Waals surface area contributed by atoms with Gasteiger partial charge in [0.15, 0.2) is 0 Å². The lowest BCUT2D eigenvalue weighted by Gasteiger charge is -2.19. The zero-order valence-electron chi connectivity index (χ0n) is 12.0. The Hall–Kier alpha value is -2.15. The van der Waals surface area contributed by atoms with Crippen molar-refractivity contribution in [1.29, 1.82) is 0 Å². The van der Waals surface area contributed by atoms with E-state index in [-0.39, 0.29) is 22.8 Å². The maximum absolute atomic E-state index is 12.1. The Kier molecular flexibility index (Phi) is 4.74. The summed E-state index contributed by atoms with van der Waals surface area (Å²) in [5, 5.41) is 13.5. The molecule has 0 spiro atoms. The molecule has 0 aliphatic heterocycles. The largest absolute Gasteiger partial charge is 0.398 e. The van der Waals surface area contributed by atoms with Crippen LogP contribution >= 0.6 is 0 Å². The molecule has 7 nitrogen and oxygen atoms in total. The monoisotopic (exact) mass is 292 g/mol. The summed E-state index contributed by atoms with van der Waals surface area (Å²) in [6, 6.07) is 4.53. The second-order valence-corrected chi connectivity index (χ2v) is 5.14. The van der Waals surface area contributed by atoms with Crippen molar-refractivity contribution >= 4 is 17.3 Å². The van der Waals surface area contributed by atoms with Crippen molar-refractivity contribution in [3.63, 3.8) is 0 Å². The van der Waals surface area contributed by atoms with Gasteiger partial charge in [-0.1, -0.05) is 6.92 Å². The van der Waals surface area contributed by atoms with Gasteiger partial charge in [0.1, 0.15) is 0 Å². The number of nitrogens with zero attached hydrogens (tertiary/aromatic N) is 2. The van der Waals surface area contributed by atoms with Gasteiger partial charge in [0.05, 0.1) is 10.5 Å². The van der Waals surface area contributed by atoms with Crippen LogP contribution < -0.4 is 11.1 Å². The van der Waals surface area contributed by atoms with E-state index in [1.807, 2.05) is 0 Å². The predicted octanol–water partition coefficient (Wildman–Crippen LogP) is 1.39. The van der Waals surface area contributed by atoms with Gasteiger partial charge in [-0.15, -0.1) is 0 Å². The van der Waals surface area contributed by atoms with Crippen LogP contribution in [0, 0.1) is 10.1 Å². The van der Waals surface area contributed by atoms with Crippen LogP contribution in [-0.2, 0) is 0 Å². The second kappa shape index (κ2) is 6.53. The lowest BCUT2D eigenvalue weighted by molar-refractivity contribution is -0.384. The number of hydrogen-bond acceptors (Lipinski definition) is 5. The van der Waals surface area contributed by atoms with Crippen molar-refractivity contribution in [3.05, 3.63) is 33.9 Å². The van der Waals surface area contributed by atoms with Gasteiger partial charge in [-0.25, -0.2) is 0 Å². The van der Waals surface area contributed by atoms with Gasteiger partial charge in [-0.05, 0) is 25.5 Å². The van der Waals surface area contributed by atoms with Crippen LogP contribution in [0.15, 0.2) is 18.2 Å². The van der Waals surface area contributed by atoms with E-state index in [0.717, 1.165) is 13.1 Å². The molecule has 1 amide bonds. The minimum atomic E-state index is -0.540. The first-order valence-electron chi connectivity index (χ1n) is 7.09. The molecule has 1 fully saturated rings. The number of amides is 1. The molecule has 7 heteroatoms. The normalized spacial score (nSPS) is 14.2. The van der Waals surface area contributed by atoms with Gasteiger partial charge >= 0.3 is 0 Å². The Morgan fingerprint density at radius 2 is 2.24 bits per heavy atom. The molecular weight excluding hydrogens is 272 g/mol. The van der Waals surface area contributed by atoms with Gasteiger partial charge in [-0.2, -0.15) is 0 Å². The Bertz CT molecular complexity index is 543. The number of benzene rings is 1. The number of non-ortho nitro benzene ring substituents is 1. The molecule has 2 rings (SSSR count). The number of nitrogens with one attached hydrogen (secondary N) is 1. The van der Waals surface area contributed by atoms with Crippen molar-refractivity contribution in [1.82, 2.24) is 10.2 Å². The molecule has 21 heavy (non-hydrogen) atoms. The van der Waals surface area contributed by atoms with E-state index in [1.54, 1.807) is 0 Å². The standard InChI is InChI=1S/C14H20N4O3/c1-2-17(10-3-4-10)8-7-16-14(19)12-9-11(18(20)21)5-6-13(12)15/h5-6,9-10H,2-4,7-8,15H2,1H3,(H,16,19). The molecule has 1 aliphatic carbocycles. The third-order valence-corrected chi connectivity index (χ3v) is 3.65. The average molecular weight is 292 g/mol. The van der Waals surface area contributed by atoms with E-state index in [9.17, 15) is 14.9 Å². The summed E-state index contributed by atoms with van der Waals surface area (Å²) in [5.74, 6) is -0.372. The van der Waals surface area contributed by atoms with E-state index < -0.39 is 4.92 Å². The number of nitro benzene ring substituents is 1. The maximum atomic E-state index is 12.1. The Labute approximate surface area is 123 Å². The third-order valence-electron chi connectivity index (χ3n) is 3.65. The minimum Gasteiger partial charge on any atom is -0.398 e. The third kappa shape index (κ3) is 3.91. The number of likely N-dealkylation sites (N-methyl/N-ethyl adjacent to an activating group) is 1. The number of anilines is 1. The van der Waals surface area contributed by atoms with Crippen molar-refractivity contribution in [3.8, 4) is 0 Å². The smallest absolute Gasteiger partial charge is 0.270 e. The fourth-order valence-electron chi connectivity index (χ4n) is 2.30. The summed E-state index contributed by atoms with van der Waals surface area (Å²) in [6.07, 6.45) is 2.44. The molecule has 1 saturated carbocycles. The van der Waals surface area contributed by atoms with Crippen LogP contribution in [0.2, 0.25) is 0 Å². The number of nitro groups is 1. The molecule has 0 saturated heterocycles. The van der Waals surface area contributed by atoms with Gasteiger partial charge in [0.2, 0.25) is 0 Å². The molecule has 1 aromatic carbocycles. The molecule has 0 bridgehead atoms. The van der Waals surface area contributed by atoms with E-state index >= 15 is 0 Å². The fourth-order valence-corrected chi connectivity index (χ4v) is 2.30. The summed E-state index contributed by atoms with van der Waals surface area (Å²) in [5.41, 5.74) is 5.97. The minimum absolute atomic E-state index is 0.137. The zero-order chi connectivity index (χ0) is 15.4. The first-order valence-corrected chi connectivity index (χ1v) is 7.09. The Balaban J connectivity index is 1.93.